The number of carbonyl (C=O) groups is 1. The van der Waals surface area contributed by atoms with Gasteiger partial charge in [-0.05, 0) is 44.0 Å². The average Bonchev–Trinajstić information content (AvgIpc) is 3.00. The molecule has 0 saturated heterocycles. The number of amides is 1. The number of nitrogens with zero attached hydrogens (tertiary/aromatic N) is 3. The molecule has 3 rings (SSSR count). The minimum Gasteiger partial charge on any atom is -0.332 e. The number of benzene rings is 1. The van der Waals surface area contributed by atoms with Gasteiger partial charge in [0.25, 0.3) is 11.4 Å². The summed E-state index contributed by atoms with van der Waals surface area (Å²) < 4.78 is 6.44. The Bertz CT molecular complexity index is 988. The zero-order valence-corrected chi connectivity index (χ0v) is 14.2. The highest BCUT2D eigenvalue weighted by Crippen LogP contribution is 2.19. The van der Waals surface area contributed by atoms with Crippen molar-refractivity contribution in [1.29, 1.82) is 0 Å². The second kappa shape index (κ2) is 6.72. The highest BCUT2D eigenvalue weighted by Gasteiger charge is 2.15. The average molecular weight is 338 g/mol. The van der Waals surface area contributed by atoms with Crippen LogP contribution in [-0.4, -0.2) is 20.6 Å². The van der Waals surface area contributed by atoms with Crippen molar-refractivity contribution in [3.05, 3.63) is 63.7 Å². The normalized spacial score (nSPS) is 10.7. The maximum atomic E-state index is 12.4. The molecule has 0 spiro atoms. The minimum atomic E-state index is -0.315. The molecular formula is C18H18N4O3. The molecule has 1 aromatic carbocycles. The fourth-order valence-corrected chi connectivity index (χ4v) is 2.49. The summed E-state index contributed by atoms with van der Waals surface area (Å²) >= 11 is 0. The van der Waals surface area contributed by atoms with Crippen molar-refractivity contribution in [2.75, 3.05) is 5.32 Å². The van der Waals surface area contributed by atoms with E-state index in [0.29, 0.717) is 11.5 Å². The van der Waals surface area contributed by atoms with Crippen LogP contribution in [-0.2, 0) is 11.3 Å². The van der Waals surface area contributed by atoms with Gasteiger partial charge in [0.05, 0.1) is 0 Å². The number of nitrogens with one attached hydrogen (secondary N) is 1. The molecule has 7 nitrogen and oxygen atoms in total. The van der Waals surface area contributed by atoms with Crippen molar-refractivity contribution in [3.63, 3.8) is 0 Å². The molecule has 0 aliphatic rings. The molecule has 0 radical (unpaired) electrons. The largest absolute Gasteiger partial charge is 0.332 e. The third-order valence-electron chi connectivity index (χ3n) is 3.98. The first-order valence-corrected chi connectivity index (χ1v) is 7.82. The molecule has 0 aliphatic heterocycles. The Morgan fingerprint density at radius 3 is 2.64 bits per heavy atom. The van der Waals surface area contributed by atoms with Crippen LogP contribution in [0.4, 0.5) is 5.69 Å². The summed E-state index contributed by atoms with van der Waals surface area (Å²) in [5.74, 6) is 0.354. The van der Waals surface area contributed by atoms with Gasteiger partial charge in [-0.15, -0.1) is 0 Å². The number of carbonyl (C=O) groups excluding carboxylic acids is 1. The predicted molar refractivity (Wildman–Crippen MR) is 93.3 cm³/mol. The molecule has 3 aromatic rings. The lowest BCUT2D eigenvalue weighted by molar-refractivity contribution is -0.116. The standard InChI is InChI=1S/C18H18N4O3/c1-11-6-4-7-14(12(11)2)20-16(23)10-22-15(8-5-9-17(22)24)18-19-13(3)21-25-18/h4-9H,10H2,1-3H3,(H,20,23). The van der Waals surface area contributed by atoms with Gasteiger partial charge in [-0.3, -0.25) is 14.2 Å². The van der Waals surface area contributed by atoms with Crippen molar-refractivity contribution in [3.8, 4) is 11.6 Å². The van der Waals surface area contributed by atoms with Gasteiger partial charge in [0.2, 0.25) is 5.91 Å². The molecule has 0 saturated carbocycles. The van der Waals surface area contributed by atoms with Crippen LogP contribution in [0, 0.1) is 20.8 Å². The van der Waals surface area contributed by atoms with E-state index in [1.807, 2.05) is 32.0 Å². The van der Waals surface area contributed by atoms with Crippen molar-refractivity contribution in [2.24, 2.45) is 0 Å². The zero-order valence-electron chi connectivity index (χ0n) is 14.2. The molecule has 128 valence electrons. The van der Waals surface area contributed by atoms with E-state index in [4.69, 9.17) is 4.52 Å². The van der Waals surface area contributed by atoms with Gasteiger partial charge in [-0.2, -0.15) is 4.98 Å². The fourth-order valence-electron chi connectivity index (χ4n) is 2.49. The molecule has 0 unspecified atom stereocenters. The molecule has 25 heavy (non-hydrogen) atoms. The maximum absolute atomic E-state index is 12.4. The van der Waals surface area contributed by atoms with Crippen LogP contribution in [0.1, 0.15) is 17.0 Å². The first-order chi connectivity index (χ1) is 12.0. The van der Waals surface area contributed by atoms with E-state index in [0.717, 1.165) is 16.8 Å². The number of pyridine rings is 1. The third-order valence-corrected chi connectivity index (χ3v) is 3.98. The van der Waals surface area contributed by atoms with Crippen LogP contribution in [0.3, 0.4) is 0 Å². The topological polar surface area (TPSA) is 90.0 Å². The Morgan fingerprint density at radius 2 is 1.92 bits per heavy atom. The fraction of sp³-hybridized carbons (Fsp3) is 0.222. The maximum Gasteiger partial charge on any atom is 0.274 e. The van der Waals surface area contributed by atoms with Crippen LogP contribution < -0.4 is 10.9 Å². The molecule has 2 heterocycles. The van der Waals surface area contributed by atoms with Crippen LogP contribution in [0.2, 0.25) is 0 Å². The van der Waals surface area contributed by atoms with E-state index in [9.17, 15) is 9.59 Å². The Hall–Kier alpha value is -3.22. The Balaban J connectivity index is 1.89. The summed E-state index contributed by atoms with van der Waals surface area (Å²) in [6.07, 6.45) is 0. The van der Waals surface area contributed by atoms with Gasteiger partial charge >= 0.3 is 0 Å². The van der Waals surface area contributed by atoms with Gasteiger partial charge in [0, 0.05) is 11.8 Å². The number of anilines is 1. The summed E-state index contributed by atoms with van der Waals surface area (Å²) in [6.45, 7) is 5.45. The van der Waals surface area contributed by atoms with E-state index in [2.05, 4.69) is 15.5 Å². The van der Waals surface area contributed by atoms with Gasteiger partial charge < -0.3 is 9.84 Å². The second-order valence-corrected chi connectivity index (χ2v) is 5.78. The van der Waals surface area contributed by atoms with E-state index >= 15 is 0 Å². The lowest BCUT2D eigenvalue weighted by Crippen LogP contribution is -2.28. The van der Waals surface area contributed by atoms with Crippen LogP contribution >= 0.6 is 0 Å². The monoisotopic (exact) mass is 338 g/mol. The molecule has 0 aliphatic carbocycles. The van der Waals surface area contributed by atoms with Crippen molar-refractivity contribution in [2.45, 2.75) is 27.3 Å². The lowest BCUT2D eigenvalue weighted by Gasteiger charge is -2.12. The Labute approximate surface area is 144 Å². The smallest absolute Gasteiger partial charge is 0.274 e. The minimum absolute atomic E-state index is 0.149. The first kappa shape index (κ1) is 16.6. The van der Waals surface area contributed by atoms with Gasteiger partial charge in [0.1, 0.15) is 12.2 Å². The number of rotatable bonds is 4. The Morgan fingerprint density at radius 1 is 1.16 bits per heavy atom. The van der Waals surface area contributed by atoms with Crippen LogP contribution in [0.5, 0.6) is 0 Å². The SMILES string of the molecule is Cc1noc(-c2cccc(=O)n2CC(=O)Nc2cccc(C)c2C)n1. The number of aromatic nitrogens is 3. The summed E-state index contributed by atoms with van der Waals surface area (Å²) in [4.78, 5) is 28.8. The van der Waals surface area contributed by atoms with E-state index in [1.54, 1.807) is 19.1 Å². The summed E-state index contributed by atoms with van der Waals surface area (Å²) in [5, 5.41) is 6.58. The summed E-state index contributed by atoms with van der Waals surface area (Å²) in [7, 11) is 0. The highest BCUT2D eigenvalue weighted by molar-refractivity contribution is 5.91. The van der Waals surface area contributed by atoms with Crippen molar-refractivity contribution < 1.29 is 9.32 Å². The van der Waals surface area contributed by atoms with Crippen LogP contribution in [0.15, 0.2) is 45.7 Å². The molecule has 0 fully saturated rings. The molecule has 7 heteroatoms. The van der Waals surface area contributed by atoms with Crippen molar-refractivity contribution >= 4 is 11.6 Å². The van der Waals surface area contributed by atoms with Gasteiger partial charge in [0.15, 0.2) is 5.82 Å². The van der Waals surface area contributed by atoms with Gasteiger partial charge in [-0.25, -0.2) is 0 Å². The molecule has 1 N–H and O–H groups in total. The molecule has 1 amide bonds. The van der Waals surface area contributed by atoms with Crippen LogP contribution in [0.25, 0.3) is 11.6 Å². The number of hydrogen-bond donors (Lipinski definition) is 1. The molecule has 0 bridgehead atoms. The lowest BCUT2D eigenvalue weighted by atomic mass is 10.1. The number of hydrogen-bond acceptors (Lipinski definition) is 5. The molecule has 0 atom stereocenters. The number of aryl methyl sites for hydroxylation is 2. The first-order valence-electron chi connectivity index (χ1n) is 7.82. The van der Waals surface area contributed by atoms with E-state index < -0.39 is 0 Å². The summed E-state index contributed by atoms with van der Waals surface area (Å²) in [6, 6.07) is 10.3. The third kappa shape index (κ3) is 3.50. The summed E-state index contributed by atoms with van der Waals surface area (Å²) in [5.41, 5.74) is 2.89. The Kier molecular flexibility index (Phi) is 4.47. The second-order valence-electron chi connectivity index (χ2n) is 5.78. The van der Waals surface area contributed by atoms with E-state index in [1.165, 1.54) is 10.6 Å². The van der Waals surface area contributed by atoms with E-state index in [-0.39, 0.29) is 23.9 Å². The molecule has 2 aromatic heterocycles. The van der Waals surface area contributed by atoms with Gasteiger partial charge in [-0.1, -0.05) is 23.4 Å². The quantitative estimate of drug-likeness (QED) is 0.789. The molecular weight excluding hydrogens is 320 g/mol. The highest BCUT2D eigenvalue weighted by atomic mass is 16.5. The predicted octanol–water partition coefficient (Wildman–Crippen LogP) is 2.46. The van der Waals surface area contributed by atoms with Crippen molar-refractivity contribution in [1.82, 2.24) is 14.7 Å². The zero-order chi connectivity index (χ0) is 18.0.